The third-order valence-corrected chi connectivity index (χ3v) is 4.49. The van der Waals surface area contributed by atoms with Gasteiger partial charge in [0.25, 0.3) is 5.91 Å². The van der Waals surface area contributed by atoms with Crippen molar-refractivity contribution in [2.24, 2.45) is 0 Å². The second-order valence-electron chi connectivity index (χ2n) is 6.74. The van der Waals surface area contributed by atoms with Gasteiger partial charge in [0.15, 0.2) is 0 Å². The third kappa shape index (κ3) is 5.40. The summed E-state index contributed by atoms with van der Waals surface area (Å²) in [5.41, 5.74) is 1.17. The monoisotopic (exact) mass is 427 g/mol. The van der Waals surface area contributed by atoms with Gasteiger partial charge in [0.05, 0.1) is 7.11 Å². The van der Waals surface area contributed by atoms with E-state index in [0.29, 0.717) is 35.2 Å². The predicted octanol–water partition coefficient (Wildman–Crippen LogP) is 5.00. The average Bonchev–Trinajstić information content (AvgIpc) is 2.84. The van der Waals surface area contributed by atoms with Crippen molar-refractivity contribution >= 4 is 5.91 Å². The minimum absolute atomic E-state index is 0.247. The van der Waals surface area contributed by atoms with E-state index in [4.69, 9.17) is 14.2 Å². The molecule has 4 aromatic rings. The van der Waals surface area contributed by atoms with Crippen LogP contribution < -0.4 is 19.5 Å². The minimum Gasteiger partial charge on any atom is -0.497 e. The largest absolute Gasteiger partial charge is 0.497 e. The number of nitrogens with zero attached hydrogens (tertiary/aromatic N) is 2. The zero-order chi connectivity index (χ0) is 22.2. The fourth-order valence-corrected chi connectivity index (χ4v) is 2.88. The molecule has 0 bridgehead atoms. The molecule has 0 spiro atoms. The number of carbonyl (C=O) groups excluding carboxylic acids is 1. The summed E-state index contributed by atoms with van der Waals surface area (Å²) in [4.78, 5) is 21.2. The van der Waals surface area contributed by atoms with Crippen molar-refractivity contribution in [1.29, 1.82) is 0 Å². The molecule has 4 rings (SSSR count). The summed E-state index contributed by atoms with van der Waals surface area (Å²) in [5, 5.41) is 2.87. The van der Waals surface area contributed by atoms with Crippen molar-refractivity contribution in [3.05, 3.63) is 102 Å². The molecule has 2 heterocycles. The SMILES string of the molecule is COc1cccc(Oc2ccc(CNC(=O)c3cccnc3Oc3ccccc3)cn2)c1. The number of methoxy groups -OCH3 is 1. The van der Waals surface area contributed by atoms with Gasteiger partial charge in [-0.1, -0.05) is 30.3 Å². The highest BCUT2D eigenvalue weighted by atomic mass is 16.5. The Bertz CT molecular complexity index is 1180. The maximum Gasteiger partial charge on any atom is 0.257 e. The number of hydrogen-bond acceptors (Lipinski definition) is 6. The number of aromatic nitrogens is 2. The van der Waals surface area contributed by atoms with Gasteiger partial charge in [-0.25, -0.2) is 9.97 Å². The number of hydrogen-bond donors (Lipinski definition) is 1. The smallest absolute Gasteiger partial charge is 0.257 e. The normalized spacial score (nSPS) is 10.3. The highest BCUT2D eigenvalue weighted by Crippen LogP contribution is 2.24. The summed E-state index contributed by atoms with van der Waals surface area (Å²) in [6.45, 7) is 0.297. The topological polar surface area (TPSA) is 82.6 Å². The van der Waals surface area contributed by atoms with Crippen molar-refractivity contribution in [2.45, 2.75) is 6.54 Å². The molecular weight excluding hydrogens is 406 g/mol. The maximum atomic E-state index is 12.7. The first-order valence-electron chi connectivity index (χ1n) is 9.94. The minimum atomic E-state index is -0.291. The molecule has 0 aliphatic carbocycles. The Hall–Kier alpha value is -4.39. The van der Waals surface area contributed by atoms with Gasteiger partial charge < -0.3 is 19.5 Å². The van der Waals surface area contributed by atoms with Gasteiger partial charge in [-0.05, 0) is 42.0 Å². The molecule has 1 amide bonds. The lowest BCUT2D eigenvalue weighted by atomic mass is 10.2. The van der Waals surface area contributed by atoms with Gasteiger partial charge in [-0.2, -0.15) is 0 Å². The van der Waals surface area contributed by atoms with E-state index < -0.39 is 0 Å². The summed E-state index contributed by atoms with van der Waals surface area (Å²) in [6, 6.07) is 23.4. The third-order valence-electron chi connectivity index (χ3n) is 4.49. The van der Waals surface area contributed by atoms with Gasteiger partial charge in [0.2, 0.25) is 11.8 Å². The quantitative estimate of drug-likeness (QED) is 0.426. The molecule has 0 saturated heterocycles. The number of rotatable bonds is 8. The molecule has 2 aromatic heterocycles. The van der Waals surface area contributed by atoms with Crippen LogP contribution in [0.15, 0.2) is 91.3 Å². The summed E-state index contributed by atoms with van der Waals surface area (Å²) in [6.07, 6.45) is 3.24. The van der Waals surface area contributed by atoms with E-state index >= 15 is 0 Å². The van der Waals surface area contributed by atoms with Crippen LogP contribution in [0.4, 0.5) is 0 Å². The van der Waals surface area contributed by atoms with Crippen molar-refractivity contribution in [3.63, 3.8) is 0 Å². The van der Waals surface area contributed by atoms with Crippen molar-refractivity contribution in [2.75, 3.05) is 7.11 Å². The van der Waals surface area contributed by atoms with Gasteiger partial charge in [0, 0.05) is 31.1 Å². The van der Waals surface area contributed by atoms with Crippen molar-refractivity contribution in [3.8, 4) is 29.0 Å². The summed E-state index contributed by atoms with van der Waals surface area (Å²) in [5.74, 6) is 2.33. The Morgan fingerprint density at radius 3 is 2.44 bits per heavy atom. The standard InChI is InChI=1S/C25H21N3O4/c1-30-20-9-5-10-21(15-20)31-23-13-12-18(16-27-23)17-28-24(29)22-11-6-14-26-25(22)32-19-7-3-2-4-8-19/h2-16H,17H2,1H3,(H,28,29). The second kappa shape index (κ2) is 10.1. The van der Waals surface area contributed by atoms with Gasteiger partial charge in [-0.15, -0.1) is 0 Å². The van der Waals surface area contributed by atoms with E-state index in [-0.39, 0.29) is 11.8 Å². The van der Waals surface area contributed by atoms with E-state index in [1.54, 1.807) is 55.9 Å². The van der Waals surface area contributed by atoms with Gasteiger partial charge in [0.1, 0.15) is 22.8 Å². The summed E-state index contributed by atoms with van der Waals surface area (Å²) < 4.78 is 16.7. The van der Waals surface area contributed by atoms with E-state index in [2.05, 4.69) is 15.3 Å². The molecular formula is C25H21N3O4. The number of pyridine rings is 2. The molecule has 0 fully saturated rings. The van der Waals surface area contributed by atoms with Gasteiger partial charge >= 0.3 is 0 Å². The first kappa shape index (κ1) is 20.9. The number of amides is 1. The first-order chi connectivity index (χ1) is 15.7. The highest BCUT2D eigenvalue weighted by molar-refractivity contribution is 5.96. The molecule has 0 aliphatic rings. The Balaban J connectivity index is 1.37. The van der Waals surface area contributed by atoms with Crippen molar-refractivity contribution < 1.29 is 19.0 Å². The molecule has 0 atom stereocenters. The number of para-hydroxylation sites is 1. The second-order valence-corrected chi connectivity index (χ2v) is 6.74. The molecule has 32 heavy (non-hydrogen) atoms. The van der Waals surface area contributed by atoms with Crippen LogP contribution in [0.3, 0.4) is 0 Å². The van der Waals surface area contributed by atoms with E-state index in [9.17, 15) is 4.79 Å². The molecule has 0 aliphatic heterocycles. The summed E-state index contributed by atoms with van der Waals surface area (Å²) >= 11 is 0. The van der Waals surface area contributed by atoms with E-state index in [0.717, 1.165) is 5.56 Å². The van der Waals surface area contributed by atoms with E-state index in [1.807, 2.05) is 42.5 Å². The fraction of sp³-hybridized carbons (Fsp3) is 0.0800. The molecule has 0 unspecified atom stereocenters. The Morgan fingerprint density at radius 2 is 1.66 bits per heavy atom. The van der Waals surface area contributed by atoms with E-state index in [1.165, 1.54) is 0 Å². The Kier molecular flexibility index (Phi) is 6.57. The average molecular weight is 427 g/mol. The molecule has 2 aromatic carbocycles. The van der Waals surface area contributed by atoms with Crippen LogP contribution in [-0.2, 0) is 6.54 Å². The highest BCUT2D eigenvalue weighted by Gasteiger charge is 2.14. The van der Waals surface area contributed by atoms with Crippen LogP contribution in [-0.4, -0.2) is 23.0 Å². The van der Waals surface area contributed by atoms with Crippen LogP contribution >= 0.6 is 0 Å². The lowest BCUT2D eigenvalue weighted by Crippen LogP contribution is -2.23. The zero-order valence-corrected chi connectivity index (χ0v) is 17.4. The Morgan fingerprint density at radius 1 is 0.844 bits per heavy atom. The van der Waals surface area contributed by atoms with Crippen LogP contribution in [0.2, 0.25) is 0 Å². The molecule has 0 saturated carbocycles. The van der Waals surface area contributed by atoms with Crippen LogP contribution in [0.1, 0.15) is 15.9 Å². The predicted molar refractivity (Wildman–Crippen MR) is 119 cm³/mol. The number of benzene rings is 2. The van der Waals surface area contributed by atoms with Gasteiger partial charge in [-0.3, -0.25) is 4.79 Å². The lowest BCUT2D eigenvalue weighted by molar-refractivity contribution is 0.0948. The Labute approximate surface area is 185 Å². The molecule has 0 radical (unpaired) electrons. The molecule has 7 nitrogen and oxygen atoms in total. The molecule has 1 N–H and O–H groups in total. The maximum absolute atomic E-state index is 12.7. The number of nitrogens with one attached hydrogen (secondary N) is 1. The zero-order valence-electron chi connectivity index (χ0n) is 17.4. The van der Waals surface area contributed by atoms with Crippen LogP contribution in [0, 0.1) is 0 Å². The van der Waals surface area contributed by atoms with Crippen LogP contribution in [0.5, 0.6) is 29.0 Å². The lowest BCUT2D eigenvalue weighted by Gasteiger charge is -2.11. The molecule has 7 heteroatoms. The van der Waals surface area contributed by atoms with Crippen LogP contribution in [0.25, 0.3) is 0 Å². The van der Waals surface area contributed by atoms with Crippen molar-refractivity contribution in [1.82, 2.24) is 15.3 Å². The first-order valence-corrected chi connectivity index (χ1v) is 9.94. The summed E-state index contributed by atoms with van der Waals surface area (Å²) in [7, 11) is 1.60. The number of ether oxygens (including phenoxy) is 3. The number of carbonyl (C=O) groups is 1. The molecule has 160 valence electrons. The fourth-order valence-electron chi connectivity index (χ4n) is 2.88.